The summed E-state index contributed by atoms with van der Waals surface area (Å²) in [5.41, 5.74) is 2.12. The number of fused-ring (bicyclic) bond motifs is 1. The Hall–Kier alpha value is -2.93. The maximum Gasteiger partial charge on any atom is 0.264 e. The van der Waals surface area contributed by atoms with Crippen molar-refractivity contribution in [3.05, 3.63) is 52.4 Å². The standard InChI is InChI=1S/C24H28N2O4S/c1-15(2)10-11-25-23(27)17-7-9-21-18(14-17)26(3)24(28)22(31-21)13-16-6-8-19(29-4)20(12-16)30-5/h6-9,12-15H,10-11H2,1-5H3,(H,25,27)/b22-13-. The van der Waals surface area contributed by atoms with Gasteiger partial charge in [0.1, 0.15) is 0 Å². The zero-order chi connectivity index (χ0) is 22.5. The van der Waals surface area contributed by atoms with Crippen molar-refractivity contribution in [3.63, 3.8) is 0 Å². The highest BCUT2D eigenvalue weighted by molar-refractivity contribution is 8.04. The predicted molar refractivity (Wildman–Crippen MR) is 125 cm³/mol. The first kappa shape index (κ1) is 22.7. The first-order valence-corrected chi connectivity index (χ1v) is 11.0. The minimum atomic E-state index is -0.124. The number of thioether (sulfide) groups is 1. The van der Waals surface area contributed by atoms with Gasteiger partial charge in [-0.25, -0.2) is 0 Å². The van der Waals surface area contributed by atoms with Crippen molar-refractivity contribution in [2.45, 2.75) is 25.2 Å². The summed E-state index contributed by atoms with van der Waals surface area (Å²) in [6.45, 7) is 4.88. The molecule has 1 aliphatic heterocycles. The van der Waals surface area contributed by atoms with Gasteiger partial charge in [0.2, 0.25) is 0 Å². The number of benzene rings is 2. The Bertz CT molecular complexity index is 1020. The largest absolute Gasteiger partial charge is 0.493 e. The molecule has 0 aliphatic carbocycles. The highest BCUT2D eigenvalue weighted by Crippen LogP contribution is 2.42. The minimum Gasteiger partial charge on any atom is -0.493 e. The van der Waals surface area contributed by atoms with Gasteiger partial charge in [-0.2, -0.15) is 0 Å². The fraction of sp³-hybridized carbons (Fsp3) is 0.333. The molecule has 1 heterocycles. The zero-order valence-corrected chi connectivity index (χ0v) is 19.3. The van der Waals surface area contributed by atoms with Gasteiger partial charge >= 0.3 is 0 Å². The molecule has 1 aliphatic rings. The number of hydrogen-bond donors (Lipinski definition) is 1. The van der Waals surface area contributed by atoms with E-state index in [1.807, 2.05) is 30.3 Å². The number of likely N-dealkylation sites (N-methyl/N-ethyl adjacent to an activating group) is 1. The second-order valence-corrected chi connectivity index (χ2v) is 8.79. The second kappa shape index (κ2) is 9.92. The van der Waals surface area contributed by atoms with Gasteiger partial charge in [0.05, 0.1) is 24.8 Å². The van der Waals surface area contributed by atoms with Gasteiger partial charge < -0.3 is 19.7 Å². The molecule has 31 heavy (non-hydrogen) atoms. The fourth-order valence-corrected chi connectivity index (χ4v) is 4.30. The Morgan fingerprint density at radius 3 is 2.55 bits per heavy atom. The minimum absolute atomic E-state index is 0.121. The summed E-state index contributed by atoms with van der Waals surface area (Å²) in [5.74, 6) is 1.52. The van der Waals surface area contributed by atoms with Gasteiger partial charge in [0.15, 0.2) is 11.5 Å². The van der Waals surface area contributed by atoms with Crippen LogP contribution in [0.3, 0.4) is 0 Å². The molecular weight excluding hydrogens is 412 g/mol. The number of ether oxygens (including phenoxy) is 2. The number of rotatable bonds is 7. The summed E-state index contributed by atoms with van der Waals surface area (Å²) in [4.78, 5) is 28.5. The predicted octanol–water partition coefficient (Wildman–Crippen LogP) is 4.59. The van der Waals surface area contributed by atoms with Gasteiger partial charge in [-0.15, -0.1) is 0 Å². The van der Waals surface area contributed by atoms with Crippen LogP contribution in [0.2, 0.25) is 0 Å². The number of amides is 2. The van der Waals surface area contributed by atoms with Crippen LogP contribution in [-0.2, 0) is 4.79 Å². The molecule has 164 valence electrons. The van der Waals surface area contributed by atoms with E-state index in [4.69, 9.17) is 9.47 Å². The number of nitrogens with zero attached hydrogens (tertiary/aromatic N) is 1. The van der Waals surface area contributed by atoms with Crippen LogP contribution in [0.5, 0.6) is 11.5 Å². The first-order chi connectivity index (χ1) is 14.8. The van der Waals surface area contributed by atoms with E-state index in [2.05, 4.69) is 19.2 Å². The lowest BCUT2D eigenvalue weighted by Gasteiger charge is -2.27. The van der Waals surface area contributed by atoms with Crippen molar-refractivity contribution in [2.24, 2.45) is 5.92 Å². The van der Waals surface area contributed by atoms with Gasteiger partial charge in [-0.1, -0.05) is 31.7 Å². The van der Waals surface area contributed by atoms with E-state index in [9.17, 15) is 9.59 Å². The first-order valence-electron chi connectivity index (χ1n) is 10.2. The van der Waals surface area contributed by atoms with E-state index in [1.165, 1.54) is 11.8 Å². The molecule has 0 spiro atoms. The van der Waals surface area contributed by atoms with E-state index in [0.29, 0.717) is 34.4 Å². The molecule has 2 aromatic rings. The smallest absolute Gasteiger partial charge is 0.264 e. The lowest BCUT2D eigenvalue weighted by atomic mass is 10.1. The zero-order valence-electron chi connectivity index (χ0n) is 18.5. The topological polar surface area (TPSA) is 67.9 Å². The molecule has 0 aromatic heterocycles. The molecule has 0 saturated heterocycles. The van der Waals surface area contributed by atoms with Gasteiger partial charge in [0.25, 0.3) is 11.8 Å². The summed E-state index contributed by atoms with van der Waals surface area (Å²) in [5, 5.41) is 2.94. The number of carbonyl (C=O) groups excluding carboxylic acids is 2. The van der Waals surface area contributed by atoms with Crippen LogP contribution in [0, 0.1) is 5.92 Å². The van der Waals surface area contributed by atoms with Crippen LogP contribution < -0.4 is 19.7 Å². The summed E-state index contributed by atoms with van der Waals surface area (Å²) in [6.07, 6.45) is 2.76. The fourth-order valence-electron chi connectivity index (χ4n) is 3.21. The van der Waals surface area contributed by atoms with Crippen molar-refractivity contribution < 1.29 is 19.1 Å². The Balaban J connectivity index is 1.83. The van der Waals surface area contributed by atoms with E-state index < -0.39 is 0 Å². The quantitative estimate of drug-likeness (QED) is 0.638. The van der Waals surface area contributed by atoms with Crippen molar-refractivity contribution in [3.8, 4) is 11.5 Å². The van der Waals surface area contributed by atoms with Gasteiger partial charge in [-0.05, 0) is 54.3 Å². The lowest BCUT2D eigenvalue weighted by molar-refractivity contribution is -0.114. The van der Waals surface area contributed by atoms with Crippen molar-refractivity contribution >= 4 is 35.3 Å². The summed E-state index contributed by atoms with van der Waals surface area (Å²) >= 11 is 1.40. The van der Waals surface area contributed by atoms with Gasteiger partial charge in [-0.3, -0.25) is 9.59 Å². The van der Waals surface area contributed by atoms with Crippen LogP contribution in [0.15, 0.2) is 46.2 Å². The maximum atomic E-state index is 13.0. The molecule has 1 N–H and O–H groups in total. The Morgan fingerprint density at radius 2 is 1.87 bits per heavy atom. The van der Waals surface area contributed by atoms with Gasteiger partial charge in [0, 0.05) is 24.1 Å². The molecule has 3 rings (SSSR count). The Morgan fingerprint density at radius 1 is 1.13 bits per heavy atom. The average Bonchev–Trinajstić information content (AvgIpc) is 2.76. The molecule has 0 atom stereocenters. The molecular formula is C24H28N2O4S. The third-order valence-electron chi connectivity index (χ3n) is 5.03. The molecule has 7 heteroatoms. The molecule has 2 amide bonds. The SMILES string of the molecule is COc1ccc(/C=C2\Sc3ccc(C(=O)NCCC(C)C)cc3N(C)C2=O)cc1OC. The third kappa shape index (κ3) is 5.22. The molecule has 2 aromatic carbocycles. The van der Waals surface area contributed by atoms with E-state index >= 15 is 0 Å². The normalized spacial score (nSPS) is 14.6. The third-order valence-corrected chi connectivity index (χ3v) is 6.11. The molecule has 0 fully saturated rings. The van der Waals surface area contributed by atoms with Crippen LogP contribution in [-0.4, -0.2) is 39.6 Å². The average molecular weight is 441 g/mol. The van der Waals surface area contributed by atoms with Crippen LogP contribution in [0.4, 0.5) is 5.69 Å². The van der Waals surface area contributed by atoms with E-state index in [1.54, 1.807) is 38.3 Å². The number of nitrogens with one attached hydrogen (secondary N) is 1. The summed E-state index contributed by atoms with van der Waals surface area (Å²) < 4.78 is 10.6. The van der Waals surface area contributed by atoms with Crippen molar-refractivity contribution in [2.75, 3.05) is 32.7 Å². The monoisotopic (exact) mass is 440 g/mol. The summed E-state index contributed by atoms with van der Waals surface area (Å²) in [6, 6.07) is 11.0. The van der Waals surface area contributed by atoms with E-state index in [0.717, 1.165) is 22.6 Å². The lowest BCUT2D eigenvalue weighted by Crippen LogP contribution is -2.31. The molecule has 6 nitrogen and oxygen atoms in total. The molecule has 0 bridgehead atoms. The number of carbonyl (C=O) groups is 2. The number of methoxy groups -OCH3 is 2. The highest BCUT2D eigenvalue weighted by Gasteiger charge is 2.27. The molecule has 0 saturated carbocycles. The van der Waals surface area contributed by atoms with E-state index in [-0.39, 0.29) is 11.8 Å². The Kier molecular flexibility index (Phi) is 7.28. The van der Waals surface area contributed by atoms with Crippen LogP contribution >= 0.6 is 11.8 Å². The number of hydrogen-bond acceptors (Lipinski definition) is 5. The molecule has 0 unspecified atom stereocenters. The summed E-state index contributed by atoms with van der Waals surface area (Å²) in [7, 11) is 4.89. The second-order valence-electron chi connectivity index (χ2n) is 7.71. The van der Waals surface area contributed by atoms with Crippen molar-refractivity contribution in [1.29, 1.82) is 0 Å². The van der Waals surface area contributed by atoms with Crippen molar-refractivity contribution in [1.82, 2.24) is 5.32 Å². The van der Waals surface area contributed by atoms with Crippen LogP contribution in [0.25, 0.3) is 6.08 Å². The maximum absolute atomic E-state index is 13.0. The Labute approximate surface area is 187 Å². The molecule has 0 radical (unpaired) electrons. The highest BCUT2D eigenvalue weighted by atomic mass is 32.2. The van der Waals surface area contributed by atoms with Crippen LogP contribution in [0.1, 0.15) is 36.2 Å². The number of anilines is 1.